The average Bonchev–Trinajstić information content (AvgIpc) is 2.65. The first-order chi connectivity index (χ1) is 13.8. The number of rotatable bonds is 4. The Labute approximate surface area is 175 Å². The van der Waals surface area contributed by atoms with Gasteiger partial charge >= 0.3 is 0 Å². The van der Waals surface area contributed by atoms with E-state index >= 15 is 0 Å². The molecule has 0 aromatic heterocycles. The van der Waals surface area contributed by atoms with E-state index in [0.717, 1.165) is 5.71 Å². The monoisotopic (exact) mass is 381 g/mol. The lowest BCUT2D eigenvalue weighted by molar-refractivity contribution is 1.25. The molecule has 0 saturated carbocycles. The second kappa shape index (κ2) is 8.21. The van der Waals surface area contributed by atoms with Crippen molar-refractivity contribution in [2.45, 2.75) is 48.5 Å². The maximum atomic E-state index is 4.80. The molecular formula is C28H31N. The Morgan fingerprint density at radius 2 is 1.45 bits per heavy atom. The molecule has 1 heteroatoms. The lowest BCUT2D eigenvalue weighted by Gasteiger charge is -2.22. The Hall–Kier alpha value is -2.93. The van der Waals surface area contributed by atoms with Crippen molar-refractivity contribution in [3.05, 3.63) is 105 Å². The quantitative estimate of drug-likeness (QED) is 0.415. The summed E-state index contributed by atoms with van der Waals surface area (Å²) in [7, 11) is 0. The molecule has 0 fully saturated rings. The molecule has 0 radical (unpaired) electrons. The molecule has 0 atom stereocenters. The predicted molar refractivity (Wildman–Crippen MR) is 127 cm³/mol. The van der Waals surface area contributed by atoms with Crippen LogP contribution in [0.15, 0.2) is 60.2 Å². The lowest BCUT2D eigenvalue weighted by Crippen LogP contribution is -2.12. The summed E-state index contributed by atoms with van der Waals surface area (Å²) >= 11 is 0. The smallest absolute Gasteiger partial charge is 0.0782 e. The zero-order chi connectivity index (χ0) is 21.3. The molecule has 0 spiro atoms. The number of benzene rings is 3. The summed E-state index contributed by atoms with van der Waals surface area (Å²) in [4.78, 5) is 4.80. The Morgan fingerprint density at radius 3 is 2.10 bits per heavy atom. The van der Waals surface area contributed by atoms with Crippen molar-refractivity contribution >= 4 is 5.71 Å². The summed E-state index contributed by atoms with van der Waals surface area (Å²) in [6, 6.07) is 15.4. The number of aryl methyl sites for hydroxylation is 5. The van der Waals surface area contributed by atoms with Gasteiger partial charge in [0.2, 0.25) is 0 Å². The summed E-state index contributed by atoms with van der Waals surface area (Å²) in [6.45, 7) is 19.2. The molecule has 0 saturated heterocycles. The fourth-order valence-corrected chi connectivity index (χ4v) is 4.46. The third-order valence-electron chi connectivity index (χ3n) is 5.91. The van der Waals surface area contributed by atoms with Gasteiger partial charge in [-0.2, -0.15) is 0 Å². The van der Waals surface area contributed by atoms with Crippen molar-refractivity contribution in [2.24, 2.45) is 4.99 Å². The highest BCUT2D eigenvalue weighted by atomic mass is 14.7. The van der Waals surface area contributed by atoms with E-state index in [9.17, 15) is 0 Å². The summed E-state index contributed by atoms with van der Waals surface area (Å²) < 4.78 is 0. The van der Waals surface area contributed by atoms with Gasteiger partial charge in [0.05, 0.1) is 5.71 Å². The van der Waals surface area contributed by atoms with Crippen molar-refractivity contribution in [3.8, 4) is 11.1 Å². The second-order valence-electron chi connectivity index (χ2n) is 8.11. The van der Waals surface area contributed by atoms with Crippen molar-refractivity contribution in [3.63, 3.8) is 0 Å². The molecule has 0 aliphatic heterocycles. The van der Waals surface area contributed by atoms with E-state index in [1.807, 2.05) is 0 Å². The topological polar surface area (TPSA) is 12.4 Å². The molecule has 0 aliphatic rings. The van der Waals surface area contributed by atoms with E-state index < -0.39 is 0 Å². The van der Waals surface area contributed by atoms with E-state index in [1.165, 1.54) is 61.2 Å². The van der Waals surface area contributed by atoms with Crippen LogP contribution in [0.1, 0.15) is 50.1 Å². The molecule has 29 heavy (non-hydrogen) atoms. The SMILES string of the molecule is C=C/N=C(/c1cc(C)cc(C)c1C)c1c(C)cc(C)c(-c2ccccc2C)c1C. The van der Waals surface area contributed by atoms with Crippen LogP contribution in [-0.2, 0) is 0 Å². The summed E-state index contributed by atoms with van der Waals surface area (Å²) in [5.41, 5.74) is 14.9. The van der Waals surface area contributed by atoms with Crippen LogP contribution in [0.5, 0.6) is 0 Å². The Morgan fingerprint density at radius 1 is 0.759 bits per heavy atom. The normalized spacial score (nSPS) is 11.6. The van der Waals surface area contributed by atoms with E-state index in [2.05, 4.69) is 97.5 Å². The highest BCUT2D eigenvalue weighted by molar-refractivity contribution is 6.16. The molecule has 3 rings (SSSR count). The summed E-state index contributed by atoms with van der Waals surface area (Å²) in [6.07, 6.45) is 1.67. The Kier molecular flexibility index (Phi) is 5.88. The standard InChI is InChI=1S/C28H31N/c1-9-29-28(25-15-17(2)14-19(4)22(25)7)27-21(6)16-20(5)26(23(27)8)24-13-11-10-12-18(24)3/h9-16H,1H2,2-8H3/b29-28-. The van der Waals surface area contributed by atoms with Crippen molar-refractivity contribution in [2.75, 3.05) is 0 Å². The first-order valence-electron chi connectivity index (χ1n) is 10.2. The molecule has 1 nitrogen and oxygen atoms in total. The molecule has 0 aliphatic carbocycles. The number of aliphatic imine (C=N–C) groups is 1. The molecule has 0 N–H and O–H groups in total. The van der Waals surface area contributed by atoms with Gasteiger partial charge in [0, 0.05) is 17.3 Å². The molecule has 148 valence electrons. The zero-order valence-corrected chi connectivity index (χ0v) is 18.8. The fraction of sp³-hybridized carbons (Fsp3) is 0.250. The predicted octanol–water partition coefficient (Wildman–Crippen LogP) is 7.49. The minimum atomic E-state index is 1.01. The third-order valence-corrected chi connectivity index (χ3v) is 5.91. The number of hydrogen-bond donors (Lipinski definition) is 0. The van der Waals surface area contributed by atoms with Crippen LogP contribution >= 0.6 is 0 Å². The lowest BCUT2D eigenvalue weighted by atomic mass is 9.83. The molecule has 0 heterocycles. The second-order valence-corrected chi connectivity index (χ2v) is 8.11. The van der Waals surface area contributed by atoms with Crippen LogP contribution < -0.4 is 0 Å². The first-order valence-corrected chi connectivity index (χ1v) is 10.2. The average molecular weight is 382 g/mol. The van der Waals surface area contributed by atoms with Gasteiger partial charge in [0.1, 0.15) is 0 Å². The van der Waals surface area contributed by atoms with Crippen molar-refractivity contribution < 1.29 is 0 Å². The van der Waals surface area contributed by atoms with Gasteiger partial charge in [-0.25, -0.2) is 0 Å². The minimum Gasteiger partial charge on any atom is -0.256 e. The van der Waals surface area contributed by atoms with Gasteiger partial charge in [-0.05, 0) is 99.0 Å². The molecule has 3 aromatic rings. The highest BCUT2D eigenvalue weighted by Gasteiger charge is 2.20. The third kappa shape index (κ3) is 3.82. The first kappa shape index (κ1) is 20.8. The van der Waals surface area contributed by atoms with Gasteiger partial charge in [-0.15, -0.1) is 0 Å². The van der Waals surface area contributed by atoms with E-state index in [0.29, 0.717) is 0 Å². The Balaban J connectivity index is 2.38. The van der Waals surface area contributed by atoms with Crippen LogP contribution in [0.2, 0.25) is 0 Å². The molecule has 0 bridgehead atoms. The van der Waals surface area contributed by atoms with E-state index in [1.54, 1.807) is 6.20 Å². The number of hydrogen-bond acceptors (Lipinski definition) is 1. The van der Waals surface area contributed by atoms with Crippen LogP contribution in [0.25, 0.3) is 11.1 Å². The van der Waals surface area contributed by atoms with Crippen LogP contribution in [0.3, 0.4) is 0 Å². The molecule has 0 amide bonds. The molecule has 3 aromatic carbocycles. The number of nitrogens with zero attached hydrogens (tertiary/aromatic N) is 1. The van der Waals surface area contributed by atoms with Crippen molar-refractivity contribution in [1.29, 1.82) is 0 Å². The molecule has 0 unspecified atom stereocenters. The van der Waals surface area contributed by atoms with E-state index in [4.69, 9.17) is 4.99 Å². The summed E-state index contributed by atoms with van der Waals surface area (Å²) in [5.74, 6) is 0. The van der Waals surface area contributed by atoms with Gasteiger partial charge in [-0.1, -0.05) is 48.5 Å². The Bertz CT molecular complexity index is 1130. The van der Waals surface area contributed by atoms with Gasteiger partial charge in [-0.3, -0.25) is 4.99 Å². The highest BCUT2D eigenvalue weighted by Crippen LogP contribution is 2.35. The maximum absolute atomic E-state index is 4.80. The van der Waals surface area contributed by atoms with Gasteiger partial charge < -0.3 is 0 Å². The maximum Gasteiger partial charge on any atom is 0.0782 e. The van der Waals surface area contributed by atoms with Gasteiger partial charge in [0.15, 0.2) is 0 Å². The fourth-order valence-electron chi connectivity index (χ4n) is 4.46. The van der Waals surface area contributed by atoms with E-state index in [-0.39, 0.29) is 0 Å². The van der Waals surface area contributed by atoms with Crippen molar-refractivity contribution in [1.82, 2.24) is 0 Å². The van der Waals surface area contributed by atoms with Crippen LogP contribution in [0.4, 0.5) is 0 Å². The molecular weight excluding hydrogens is 350 g/mol. The zero-order valence-electron chi connectivity index (χ0n) is 18.8. The summed E-state index contributed by atoms with van der Waals surface area (Å²) in [5, 5.41) is 0. The largest absolute Gasteiger partial charge is 0.256 e. The van der Waals surface area contributed by atoms with Crippen LogP contribution in [0, 0.1) is 48.5 Å². The van der Waals surface area contributed by atoms with Crippen LogP contribution in [-0.4, -0.2) is 5.71 Å². The minimum absolute atomic E-state index is 1.01. The van der Waals surface area contributed by atoms with Gasteiger partial charge in [0.25, 0.3) is 0 Å².